The van der Waals surface area contributed by atoms with Crippen LogP contribution in [0.1, 0.15) is 34.6 Å². The molecule has 0 saturated heterocycles. The van der Waals surface area contributed by atoms with Crippen LogP contribution in [0.25, 0.3) is 0 Å². The molecule has 0 fully saturated rings. The zero-order valence-corrected chi connectivity index (χ0v) is 11.3. The first-order valence-corrected chi connectivity index (χ1v) is 6.01. The van der Waals surface area contributed by atoms with Crippen LogP contribution >= 0.6 is 0 Å². The second-order valence-corrected chi connectivity index (χ2v) is 4.46. The SMILES string of the molecule is CCN(c1ncnc(OC(C)C)c1N)C(C)C. The van der Waals surface area contributed by atoms with Gasteiger partial charge >= 0.3 is 0 Å². The highest BCUT2D eigenvalue weighted by atomic mass is 16.5. The Labute approximate surface area is 103 Å². The summed E-state index contributed by atoms with van der Waals surface area (Å²) in [5.74, 6) is 1.21. The normalized spacial score (nSPS) is 11.0. The van der Waals surface area contributed by atoms with E-state index in [1.165, 1.54) is 6.33 Å². The molecule has 1 aromatic heterocycles. The van der Waals surface area contributed by atoms with E-state index >= 15 is 0 Å². The summed E-state index contributed by atoms with van der Waals surface area (Å²) in [5.41, 5.74) is 6.57. The van der Waals surface area contributed by atoms with Gasteiger partial charge in [0.05, 0.1) is 6.10 Å². The van der Waals surface area contributed by atoms with Crippen LogP contribution in [0.15, 0.2) is 6.33 Å². The van der Waals surface area contributed by atoms with Crippen molar-refractivity contribution in [1.82, 2.24) is 9.97 Å². The van der Waals surface area contributed by atoms with E-state index in [4.69, 9.17) is 10.5 Å². The lowest BCUT2D eigenvalue weighted by Gasteiger charge is -2.27. The van der Waals surface area contributed by atoms with Crippen molar-refractivity contribution in [2.24, 2.45) is 0 Å². The lowest BCUT2D eigenvalue weighted by Crippen LogP contribution is -2.32. The Bertz CT molecular complexity index is 366. The second-order valence-electron chi connectivity index (χ2n) is 4.46. The Kier molecular flexibility index (Phi) is 4.54. The number of nitrogen functional groups attached to an aromatic ring is 1. The Hall–Kier alpha value is -1.52. The summed E-state index contributed by atoms with van der Waals surface area (Å²) >= 11 is 0. The van der Waals surface area contributed by atoms with E-state index in [2.05, 4.69) is 35.6 Å². The lowest BCUT2D eigenvalue weighted by atomic mass is 10.3. The van der Waals surface area contributed by atoms with Crippen molar-refractivity contribution in [1.29, 1.82) is 0 Å². The van der Waals surface area contributed by atoms with E-state index in [1.807, 2.05) is 13.8 Å². The van der Waals surface area contributed by atoms with Gasteiger partial charge in [0.2, 0.25) is 5.88 Å². The predicted molar refractivity (Wildman–Crippen MR) is 70.4 cm³/mol. The monoisotopic (exact) mass is 238 g/mol. The number of ether oxygens (including phenoxy) is 1. The van der Waals surface area contributed by atoms with Crippen LogP contribution < -0.4 is 15.4 Å². The van der Waals surface area contributed by atoms with Gasteiger partial charge in [-0.1, -0.05) is 0 Å². The van der Waals surface area contributed by atoms with Crippen molar-refractivity contribution in [3.63, 3.8) is 0 Å². The molecule has 5 heteroatoms. The minimum Gasteiger partial charge on any atom is -0.473 e. The number of anilines is 2. The lowest BCUT2D eigenvalue weighted by molar-refractivity contribution is 0.234. The van der Waals surface area contributed by atoms with E-state index in [9.17, 15) is 0 Å². The van der Waals surface area contributed by atoms with Crippen LogP contribution in [0, 0.1) is 0 Å². The third-order valence-electron chi connectivity index (χ3n) is 2.41. The van der Waals surface area contributed by atoms with Crippen LogP contribution in [-0.4, -0.2) is 28.7 Å². The third kappa shape index (κ3) is 3.22. The fraction of sp³-hybridized carbons (Fsp3) is 0.667. The first-order chi connectivity index (χ1) is 7.97. The average molecular weight is 238 g/mol. The van der Waals surface area contributed by atoms with E-state index in [-0.39, 0.29) is 6.10 Å². The molecule has 0 amide bonds. The topological polar surface area (TPSA) is 64.3 Å². The molecule has 1 heterocycles. The van der Waals surface area contributed by atoms with Crippen molar-refractivity contribution in [3.05, 3.63) is 6.33 Å². The molecule has 96 valence electrons. The van der Waals surface area contributed by atoms with Gasteiger partial charge in [0.1, 0.15) is 12.0 Å². The molecule has 0 radical (unpaired) electrons. The molecule has 0 saturated carbocycles. The summed E-state index contributed by atoms with van der Waals surface area (Å²) in [5, 5.41) is 0. The van der Waals surface area contributed by atoms with Gasteiger partial charge in [0.25, 0.3) is 0 Å². The van der Waals surface area contributed by atoms with E-state index in [0.29, 0.717) is 17.6 Å². The largest absolute Gasteiger partial charge is 0.473 e. The maximum Gasteiger partial charge on any atom is 0.242 e. The summed E-state index contributed by atoms with van der Waals surface area (Å²) in [4.78, 5) is 10.4. The number of hydrogen-bond acceptors (Lipinski definition) is 5. The van der Waals surface area contributed by atoms with Crippen LogP contribution in [-0.2, 0) is 0 Å². The van der Waals surface area contributed by atoms with Gasteiger partial charge in [-0.25, -0.2) is 4.98 Å². The predicted octanol–water partition coefficient (Wildman–Crippen LogP) is 2.08. The first kappa shape index (κ1) is 13.5. The van der Waals surface area contributed by atoms with Crippen molar-refractivity contribution in [3.8, 4) is 5.88 Å². The number of hydrogen-bond donors (Lipinski definition) is 1. The molecule has 0 aliphatic rings. The molecule has 0 unspecified atom stereocenters. The fourth-order valence-electron chi connectivity index (χ4n) is 1.68. The molecule has 2 N–H and O–H groups in total. The number of nitrogens with two attached hydrogens (primary N) is 1. The van der Waals surface area contributed by atoms with E-state index in [1.54, 1.807) is 0 Å². The first-order valence-electron chi connectivity index (χ1n) is 6.01. The van der Waals surface area contributed by atoms with Crippen LogP contribution in [0.4, 0.5) is 11.5 Å². The summed E-state index contributed by atoms with van der Waals surface area (Å²) < 4.78 is 5.56. The number of nitrogens with zero attached hydrogens (tertiary/aromatic N) is 3. The highest BCUT2D eigenvalue weighted by Gasteiger charge is 2.17. The Balaban J connectivity index is 3.08. The van der Waals surface area contributed by atoms with E-state index in [0.717, 1.165) is 12.4 Å². The molecule has 1 aromatic rings. The van der Waals surface area contributed by atoms with Crippen molar-refractivity contribution in [2.75, 3.05) is 17.2 Å². The summed E-state index contributed by atoms with van der Waals surface area (Å²) in [6.45, 7) is 11.0. The van der Waals surface area contributed by atoms with Gasteiger partial charge < -0.3 is 15.4 Å². The molecular formula is C12H22N4O. The Morgan fingerprint density at radius 3 is 2.41 bits per heavy atom. The molecule has 0 spiro atoms. The minimum atomic E-state index is 0.0502. The molecule has 5 nitrogen and oxygen atoms in total. The summed E-state index contributed by atoms with van der Waals surface area (Å²) in [6, 6.07) is 0.337. The van der Waals surface area contributed by atoms with Gasteiger partial charge in [0.15, 0.2) is 5.82 Å². The maximum atomic E-state index is 6.05. The number of rotatable bonds is 5. The molecule has 1 rings (SSSR count). The van der Waals surface area contributed by atoms with Crippen molar-refractivity contribution < 1.29 is 4.74 Å². The van der Waals surface area contributed by atoms with Crippen LogP contribution in [0.3, 0.4) is 0 Å². The van der Waals surface area contributed by atoms with Gasteiger partial charge in [-0.05, 0) is 34.6 Å². The summed E-state index contributed by atoms with van der Waals surface area (Å²) in [6.07, 6.45) is 1.54. The maximum absolute atomic E-state index is 6.05. The van der Waals surface area contributed by atoms with Gasteiger partial charge in [-0.2, -0.15) is 4.98 Å². The number of aromatic nitrogens is 2. The highest BCUT2D eigenvalue weighted by molar-refractivity contribution is 5.68. The fourth-order valence-corrected chi connectivity index (χ4v) is 1.68. The second kappa shape index (κ2) is 5.70. The van der Waals surface area contributed by atoms with E-state index < -0.39 is 0 Å². The van der Waals surface area contributed by atoms with Gasteiger partial charge in [-0.3, -0.25) is 0 Å². The van der Waals surface area contributed by atoms with Crippen LogP contribution in [0.5, 0.6) is 5.88 Å². The molecule has 0 atom stereocenters. The molecule has 0 aliphatic heterocycles. The molecule has 0 aliphatic carbocycles. The molecular weight excluding hydrogens is 216 g/mol. The smallest absolute Gasteiger partial charge is 0.242 e. The van der Waals surface area contributed by atoms with Crippen molar-refractivity contribution >= 4 is 11.5 Å². The molecule has 0 bridgehead atoms. The zero-order chi connectivity index (χ0) is 13.0. The Morgan fingerprint density at radius 1 is 1.29 bits per heavy atom. The van der Waals surface area contributed by atoms with Gasteiger partial charge in [0, 0.05) is 12.6 Å². The molecule has 0 aromatic carbocycles. The molecule has 17 heavy (non-hydrogen) atoms. The summed E-state index contributed by atoms with van der Waals surface area (Å²) in [7, 11) is 0. The van der Waals surface area contributed by atoms with Crippen LogP contribution in [0.2, 0.25) is 0 Å². The minimum absolute atomic E-state index is 0.0502. The Morgan fingerprint density at radius 2 is 1.94 bits per heavy atom. The third-order valence-corrected chi connectivity index (χ3v) is 2.41. The standard InChI is InChI=1S/C12H22N4O/c1-6-16(8(2)3)11-10(13)12(15-7-14-11)17-9(4)5/h7-9H,6,13H2,1-5H3. The zero-order valence-electron chi connectivity index (χ0n) is 11.3. The van der Waals surface area contributed by atoms with Gasteiger partial charge in [-0.15, -0.1) is 0 Å². The highest BCUT2D eigenvalue weighted by Crippen LogP contribution is 2.29. The average Bonchev–Trinajstić information content (AvgIpc) is 2.23. The van der Waals surface area contributed by atoms with Crippen molar-refractivity contribution in [2.45, 2.75) is 46.8 Å². The quantitative estimate of drug-likeness (QED) is 0.850.